The van der Waals surface area contributed by atoms with Gasteiger partial charge in [-0.3, -0.25) is 4.98 Å². The van der Waals surface area contributed by atoms with Crippen molar-refractivity contribution >= 4 is 11.0 Å². The van der Waals surface area contributed by atoms with Crippen LogP contribution in [0.5, 0.6) is 0 Å². The second-order valence-corrected chi connectivity index (χ2v) is 10.8. The van der Waals surface area contributed by atoms with E-state index in [1.54, 1.807) is 6.20 Å². The smallest absolute Gasteiger partial charge is 0.0914 e. The summed E-state index contributed by atoms with van der Waals surface area (Å²) >= 11 is 0. The molecule has 0 fully saturated rings. The summed E-state index contributed by atoms with van der Waals surface area (Å²) in [5, 5.41) is 0.962. The number of hydrogen-bond donors (Lipinski definition) is 0. The van der Waals surface area contributed by atoms with Gasteiger partial charge < -0.3 is 9.40 Å². The van der Waals surface area contributed by atoms with Crippen molar-refractivity contribution in [1.82, 2.24) is 9.97 Å². The van der Waals surface area contributed by atoms with Crippen LogP contribution in [-0.2, 0) is 20.1 Å². The van der Waals surface area contributed by atoms with Gasteiger partial charge in [0.25, 0.3) is 0 Å². The second-order valence-electron chi connectivity index (χ2n) is 10.8. The van der Waals surface area contributed by atoms with Gasteiger partial charge in [0.05, 0.1) is 11.3 Å². The molecule has 0 saturated carbocycles. The summed E-state index contributed by atoms with van der Waals surface area (Å²) in [5.41, 5.74) is 10.6. The quantitative estimate of drug-likeness (QED) is 0.165. The van der Waals surface area contributed by atoms with Gasteiger partial charge in [0.1, 0.15) is 0 Å². The molecule has 219 valence electrons. The van der Waals surface area contributed by atoms with Crippen LogP contribution in [0.25, 0.3) is 55.9 Å². The van der Waals surface area contributed by atoms with Crippen molar-refractivity contribution in [2.24, 2.45) is 0 Å². The van der Waals surface area contributed by atoms with E-state index in [9.17, 15) is 0 Å². The first kappa shape index (κ1) is 30.8. The van der Waals surface area contributed by atoms with E-state index < -0.39 is 0 Å². The third-order valence-electron chi connectivity index (χ3n) is 7.37. The molecule has 3 nitrogen and oxygen atoms in total. The molecule has 0 aliphatic rings. The van der Waals surface area contributed by atoms with Crippen molar-refractivity contribution in [2.45, 2.75) is 26.7 Å². The monoisotopic (exact) mass is 749 g/mol. The van der Waals surface area contributed by atoms with Crippen LogP contribution in [0.2, 0.25) is 0 Å². The number of benzene rings is 4. The van der Waals surface area contributed by atoms with Crippen molar-refractivity contribution < 1.29 is 24.5 Å². The predicted octanol–water partition coefficient (Wildman–Crippen LogP) is 10.6. The molecule has 7 rings (SSSR count). The van der Waals surface area contributed by atoms with Gasteiger partial charge in [0.15, 0.2) is 0 Å². The van der Waals surface area contributed by atoms with Crippen molar-refractivity contribution in [2.75, 3.05) is 0 Å². The normalized spacial score (nSPS) is 10.6. The Labute approximate surface area is 273 Å². The molecule has 4 aromatic carbocycles. The molecule has 0 aliphatic carbocycles. The van der Waals surface area contributed by atoms with Gasteiger partial charge >= 0.3 is 0 Å². The van der Waals surface area contributed by atoms with Crippen LogP contribution >= 0.6 is 0 Å². The minimum absolute atomic E-state index is 0. The Morgan fingerprint density at radius 2 is 1.39 bits per heavy atom. The predicted molar refractivity (Wildman–Crippen MR) is 176 cm³/mol. The number of furan rings is 1. The minimum Gasteiger partial charge on any atom is -0.499 e. The van der Waals surface area contributed by atoms with Gasteiger partial charge in [-0.1, -0.05) is 110 Å². The van der Waals surface area contributed by atoms with Crippen LogP contribution < -0.4 is 0 Å². The zero-order valence-corrected chi connectivity index (χ0v) is 27.3. The maximum absolute atomic E-state index is 6.36. The van der Waals surface area contributed by atoms with Gasteiger partial charge in [-0.15, -0.1) is 48.0 Å². The number of hydrogen-bond acceptors (Lipinski definition) is 3. The summed E-state index contributed by atoms with van der Waals surface area (Å²) < 4.78 is 6.36. The van der Waals surface area contributed by atoms with E-state index in [2.05, 4.69) is 92.5 Å². The van der Waals surface area contributed by atoms with E-state index in [0.717, 1.165) is 55.9 Å². The number of aryl methyl sites for hydroxylation is 1. The molecule has 0 unspecified atom stereocenters. The van der Waals surface area contributed by atoms with Crippen molar-refractivity contribution in [3.05, 3.63) is 157 Å². The summed E-state index contributed by atoms with van der Waals surface area (Å²) in [6, 6.07) is 47.4. The Balaban J connectivity index is 0.000000248. The maximum atomic E-state index is 6.36. The molecule has 0 aliphatic heterocycles. The summed E-state index contributed by atoms with van der Waals surface area (Å²) in [5.74, 6) is 1.29. The van der Waals surface area contributed by atoms with Crippen LogP contribution in [0.3, 0.4) is 0 Å². The molecule has 0 amide bonds. The third kappa shape index (κ3) is 6.94. The molecule has 3 aromatic heterocycles. The molecule has 7 aromatic rings. The molecule has 0 N–H and O–H groups in total. The molecular weight excluding hydrogens is 717 g/mol. The van der Waals surface area contributed by atoms with Crippen molar-refractivity contribution in [1.29, 1.82) is 0 Å². The fraction of sp³-hybridized carbons (Fsp3) is 0.100. The van der Waals surface area contributed by atoms with Crippen molar-refractivity contribution in [3.63, 3.8) is 0 Å². The topological polar surface area (TPSA) is 38.9 Å². The fourth-order valence-electron chi connectivity index (χ4n) is 5.17. The van der Waals surface area contributed by atoms with E-state index in [1.165, 1.54) is 11.1 Å². The number of pyridine rings is 2. The average molecular weight is 749 g/mol. The fourth-order valence-corrected chi connectivity index (χ4v) is 5.17. The van der Waals surface area contributed by atoms with Crippen molar-refractivity contribution in [3.8, 4) is 45.0 Å². The number of aromatic nitrogens is 2. The van der Waals surface area contributed by atoms with Crippen LogP contribution in [0.15, 0.2) is 138 Å². The van der Waals surface area contributed by atoms with E-state index >= 15 is 0 Å². The molecule has 44 heavy (non-hydrogen) atoms. The van der Waals surface area contributed by atoms with E-state index in [1.807, 2.05) is 72.9 Å². The largest absolute Gasteiger partial charge is 0.499 e. The first-order chi connectivity index (χ1) is 21.1. The Morgan fingerprint density at radius 3 is 2.05 bits per heavy atom. The molecule has 4 heteroatoms. The Kier molecular flexibility index (Phi) is 9.96. The first-order valence-electron chi connectivity index (χ1n) is 14.5. The van der Waals surface area contributed by atoms with Gasteiger partial charge in [0, 0.05) is 43.8 Å². The molecule has 3 heterocycles. The molecular formula is C40H32IrN2O-2. The molecule has 0 atom stereocenters. The van der Waals surface area contributed by atoms with Crippen LogP contribution in [0, 0.1) is 19.1 Å². The van der Waals surface area contributed by atoms with Gasteiger partial charge in [-0.05, 0) is 46.9 Å². The van der Waals surface area contributed by atoms with Gasteiger partial charge in [0.2, 0.25) is 0 Å². The van der Waals surface area contributed by atoms with Gasteiger partial charge in [-0.25, -0.2) is 0 Å². The average Bonchev–Trinajstić information content (AvgIpc) is 3.51. The standard InChI is InChI=1S/C29H24NO.C11H8N.Ir/c1-19(2)25-17-27(30-18-20(25)3)23-14-24-16-28(22-12-8-5-9-13-22)31-29(24)26(15-23)21-10-6-4-7-11-21;1-2-6-10(7-3-1)11-8-4-5-9-12-11;/h4-13,15-19H,1-3H3;1-6,8-9H;/q2*-1;. The number of fused-ring (bicyclic) bond motifs is 1. The molecule has 0 saturated heterocycles. The summed E-state index contributed by atoms with van der Waals surface area (Å²) in [7, 11) is 0. The van der Waals surface area contributed by atoms with Crippen LogP contribution in [0.4, 0.5) is 0 Å². The minimum atomic E-state index is 0. The van der Waals surface area contributed by atoms with E-state index in [4.69, 9.17) is 9.40 Å². The molecule has 0 spiro atoms. The zero-order chi connectivity index (χ0) is 29.6. The summed E-state index contributed by atoms with van der Waals surface area (Å²) in [6.45, 7) is 6.56. The number of nitrogens with zero attached hydrogens (tertiary/aromatic N) is 2. The summed E-state index contributed by atoms with van der Waals surface area (Å²) in [4.78, 5) is 8.95. The first-order valence-corrected chi connectivity index (χ1v) is 14.5. The Morgan fingerprint density at radius 1 is 0.682 bits per heavy atom. The number of rotatable bonds is 5. The molecule has 0 bridgehead atoms. The third-order valence-corrected chi connectivity index (χ3v) is 7.37. The Hall–Kier alpha value is -4.63. The van der Waals surface area contributed by atoms with Crippen LogP contribution in [-0.4, -0.2) is 9.97 Å². The SMILES string of the molecule is Cc1cnc(-c2[c-]c3cc(-c4ccccc4)oc3c(-c3ccccc3)c2)cc1C(C)C.[Ir].[c-]1ccccc1-c1ccccn1. The maximum Gasteiger partial charge on any atom is 0.0914 e. The van der Waals surface area contributed by atoms with Gasteiger partial charge in [-0.2, -0.15) is 0 Å². The second kappa shape index (κ2) is 14.2. The Bertz CT molecular complexity index is 1900. The van der Waals surface area contributed by atoms with E-state index in [0.29, 0.717) is 5.92 Å². The molecule has 1 radical (unpaired) electrons. The zero-order valence-electron chi connectivity index (χ0n) is 24.9. The summed E-state index contributed by atoms with van der Waals surface area (Å²) in [6.07, 6.45) is 3.76. The van der Waals surface area contributed by atoms with Crippen LogP contribution in [0.1, 0.15) is 30.9 Å². The van der Waals surface area contributed by atoms with E-state index in [-0.39, 0.29) is 20.1 Å².